The van der Waals surface area contributed by atoms with Gasteiger partial charge in [0.2, 0.25) is 0 Å². The van der Waals surface area contributed by atoms with Gasteiger partial charge in [0, 0.05) is 35.3 Å². The largest absolute Gasteiger partial charge is 0.504 e. The topological polar surface area (TPSA) is 54.6 Å². The van der Waals surface area contributed by atoms with Crippen molar-refractivity contribution in [2.24, 2.45) is 11.8 Å². The van der Waals surface area contributed by atoms with Crippen LogP contribution in [0.25, 0.3) is 10.9 Å². The third-order valence-electron chi connectivity index (χ3n) is 6.36. The minimum Gasteiger partial charge on any atom is -0.504 e. The summed E-state index contributed by atoms with van der Waals surface area (Å²) < 4.78 is 10.9. The van der Waals surface area contributed by atoms with Gasteiger partial charge in [-0.25, -0.2) is 0 Å². The molecule has 5 heteroatoms. The number of ether oxygens (including phenoxy) is 2. The fourth-order valence-corrected chi connectivity index (χ4v) is 5.06. The van der Waals surface area contributed by atoms with Gasteiger partial charge in [0.25, 0.3) is 0 Å². The van der Waals surface area contributed by atoms with E-state index in [1.54, 1.807) is 27.4 Å². The van der Waals surface area contributed by atoms with Crippen molar-refractivity contribution >= 4 is 16.7 Å². The van der Waals surface area contributed by atoms with E-state index in [2.05, 4.69) is 22.5 Å². The Morgan fingerprint density at radius 1 is 1.36 bits per heavy atom. The summed E-state index contributed by atoms with van der Waals surface area (Å²) in [6.07, 6.45) is 5.48. The van der Waals surface area contributed by atoms with Crippen molar-refractivity contribution in [3.05, 3.63) is 53.9 Å². The zero-order valence-corrected chi connectivity index (χ0v) is 16.8. The van der Waals surface area contributed by atoms with Crippen LogP contribution in [0.2, 0.25) is 0 Å². The summed E-state index contributed by atoms with van der Waals surface area (Å²) in [7, 11) is 3.33. The van der Waals surface area contributed by atoms with Gasteiger partial charge in [-0.2, -0.15) is 0 Å². The summed E-state index contributed by atoms with van der Waals surface area (Å²) in [4.78, 5) is 18.5. The molecule has 0 radical (unpaired) electrons. The fourth-order valence-electron chi connectivity index (χ4n) is 5.06. The van der Waals surface area contributed by atoms with Gasteiger partial charge >= 0.3 is 0 Å². The van der Waals surface area contributed by atoms with Gasteiger partial charge < -0.3 is 14.5 Å². The van der Waals surface area contributed by atoms with Crippen molar-refractivity contribution in [2.45, 2.75) is 25.8 Å². The van der Waals surface area contributed by atoms with Crippen LogP contribution in [0.5, 0.6) is 5.75 Å². The van der Waals surface area contributed by atoms with Gasteiger partial charge in [-0.1, -0.05) is 12.1 Å². The van der Waals surface area contributed by atoms with Gasteiger partial charge in [0.05, 0.1) is 26.5 Å². The average molecular weight is 380 g/mol. The van der Waals surface area contributed by atoms with E-state index < -0.39 is 0 Å². The van der Waals surface area contributed by atoms with Crippen molar-refractivity contribution in [3.8, 4) is 5.75 Å². The van der Waals surface area contributed by atoms with Crippen LogP contribution in [0.3, 0.4) is 0 Å². The molecule has 0 unspecified atom stereocenters. The van der Waals surface area contributed by atoms with E-state index in [0.717, 1.165) is 42.8 Å². The van der Waals surface area contributed by atoms with Gasteiger partial charge in [0.1, 0.15) is 5.75 Å². The number of benzene rings is 1. The van der Waals surface area contributed by atoms with Crippen LogP contribution in [-0.4, -0.2) is 43.0 Å². The number of aromatic amines is 1. The van der Waals surface area contributed by atoms with E-state index in [4.69, 9.17) is 9.47 Å². The average Bonchev–Trinajstić information content (AvgIpc) is 3.10. The molecule has 28 heavy (non-hydrogen) atoms. The Morgan fingerprint density at radius 2 is 2.18 bits per heavy atom. The van der Waals surface area contributed by atoms with Crippen molar-refractivity contribution in [1.29, 1.82) is 0 Å². The molecule has 3 atom stereocenters. The molecule has 1 fully saturated rings. The van der Waals surface area contributed by atoms with E-state index in [1.807, 2.05) is 18.2 Å². The predicted octanol–water partition coefficient (Wildman–Crippen LogP) is 4.02. The highest BCUT2D eigenvalue weighted by Gasteiger charge is 2.41. The fraction of sp³-hybridized carbons (Fsp3) is 0.435. The third kappa shape index (κ3) is 2.94. The minimum absolute atomic E-state index is 0.0708. The number of hydrogen-bond acceptors (Lipinski definition) is 4. The molecule has 0 aliphatic carbocycles. The number of rotatable bonds is 5. The van der Waals surface area contributed by atoms with Crippen LogP contribution in [-0.2, 0) is 16.0 Å². The van der Waals surface area contributed by atoms with Gasteiger partial charge in [-0.05, 0) is 49.3 Å². The highest BCUT2D eigenvalue weighted by Crippen LogP contribution is 2.46. The van der Waals surface area contributed by atoms with E-state index in [-0.39, 0.29) is 23.7 Å². The molecule has 0 bridgehead atoms. The van der Waals surface area contributed by atoms with E-state index in [9.17, 15) is 4.79 Å². The number of carbonyl (C=O) groups is 1. The number of carbonyl (C=O) groups excluding carboxylic acids is 1. The van der Waals surface area contributed by atoms with Gasteiger partial charge in [-0.15, -0.1) is 6.58 Å². The van der Waals surface area contributed by atoms with Gasteiger partial charge in [-0.3, -0.25) is 9.69 Å². The van der Waals surface area contributed by atoms with Crippen molar-refractivity contribution in [1.82, 2.24) is 9.88 Å². The number of nitrogens with zero attached hydrogens (tertiary/aromatic N) is 1. The Bertz CT molecular complexity index is 943. The second-order valence-electron chi connectivity index (χ2n) is 7.77. The number of H-pyrrole nitrogens is 1. The summed E-state index contributed by atoms with van der Waals surface area (Å²) in [5.74, 6) is 1.34. The van der Waals surface area contributed by atoms with E-state index >= 15 is 0 Å². The van der Waals surface area contributed by atoms with Crippen LogP contribution in [0.4, 0.5) is 0 Å². The zero-order valence-electron chi connectivity index (χ0n) is 16.8. The van der Waals surface area contributed by atoms with Crippen LogP contribution < -0.4 is 4.74 Å². The first-order chi connectivity index (χ1) is 13.6. The monoisotopic (exact) mass is 380 g/mol. The second kappa shape index (κ2) is 7.47. The smallest absolute Gasteiger partial charge is 0.159 e. The highest BCUT2D eigenvalue weighted by molar-refractivity contribution is 5.94. The molecule has 0 amide bonds. The number of aromatic nitrogens is 1. The standard InChI is InChI=1S/C23H28N2O3/c1-5-15-12-25-10-9-16-22-19(7-6-8-21(22)28-4)24-23(16)20(25)11-17(15)18(13-27-3)14(2)26/h5-8,13,15,17,20,24H,1,9-12H2,2-4H3/b18-13-/t15-,17-,20-/m0/s1. The summed E-state index contributed by atoms with van der Waals surface area (Å²) in [6.45, 7) is 7.57. The highest BCUT2D eigenvalue weighted by atomic mass is 16.5. The Kier molecular flexibility index (Phi) is 5.02. The van der Waals surface area contributed by atoms with Crippen molar-refractivity contribution in [2.75, 3.05) is 27.3 Å². The molecule has 1 N–H and O–H groups in total. The molecule has 0 spiro atoms. The number of ketones is 1. The Balaban J connectivity index is 1.78. The maximum atomic E-state index is 12.3. The maximum absolute atomic E-state index is 12.3. The number of allylic oxidation sites excluding steroid dienone is 1. The summed E-state index contributed by atoms with van der Waals surface area (Å²) >= 11 is 0. The first-order valence-corrected chi connectivity index (χ1v) is 9.86. The molecule has 1 saturated heterocycles. The third-order valence-corrected chi connectivity index (χ3v) is 6.36. The molecule has 3 heterocycles. The van der Waals surface area contributed by atoms with Crippen LogP contribution >= 0.6 is 0 Å². The number of fused-ring (bicyclic) bond motifs is 5. The number of piperidine rings is 1. The molecule has 2 aliphatic heterocycles. The van der Waals surface area contributed by atoms with Crippen LogP contribution in [0.1, 0.15) is 30.6 Å². The number of hydrogen-bond donors (Lipinski definition) is 1. The normalized spacial score (nSPS) is 25.1. The van der Waals surface area contributed by atoms with Crippen molar-refractivity contribution < 1.29 is 14.3 Å². The van der Waals surface area contributed by atoms with E-state index in [0.29, 0.717) is 0 Å². The summed E-state index contributed by atoms with van der Waals surface area (Å²) in [5.41, 5.74) is 4.49. The lowest BCUT2D eigenvalue weighted by atomic mass is 9.74. The first kappa shape index (κ1) is 18.8. The first-order valence-electron chi connectivity index (χ1n) is 9.86. The maximum Gasteiger partial charge on any atom is 0.159 e. The quantitative estimate of drug-likeness (QED) is 0.484. The minimum atomic E-state index is 0.0708. The molecule has 2 aromatic rings. The molecule has 2 aliphatic rings. The lowest BCUT2D eigenvalue weighted by Gasteiger charge is -2.46. The Hall–Kier alpha value is -2.53. The number of Topliss-reactive ketones (excluding diaryl/α,β-unsaturated/α-hetero) is 1. The molecule has 1 aromatic carbocycles. The lowest BCUT2D eigenvalue weighted by Crippen LogP contribution is -2.46. The molecule has 0 saturated carbocycles. The zero-order chi connectivity index (χ0) is 19.8. The molecular formula is C23H28N2O3. The SMILES string of the molecule is C=C[C@H]1CN2CCc3c([nH]c4cccc(OC)c34)[C@@H]2C[C@@H]1/C(=C\OC)C(C)=O. The molecular weight excluding hydrogens is 352 g/mol. The molecule has 5 nitrogen and oxygen atoms in total. The van der Waals surface area contributed by atoms with Crippen LogP contribution in [0.15, 0.2) is 42.7 Å². The molecule has 4 rings (SSSR count). The summed E-state index contributed by atoms with van der Waals surface area (Å²) in [6, 6.07) is 6.41. The number of nitrogens with one attached hydrogen (secondary N) is 1. The predicted molar refractivity (Wildman–Crippen MR) is 110 cm³/mol. The summed E-state index contributed by atoms with van der Waals surface area (Å²) in [5, 5.41) is 1.20. The van der Waals surface area contributed by atoms with Gasteiger partial charge in [0.15, 0.2) is 5.78 Å². The lowest BCUT2D eigenvalue weighted by molar-refractivity contribution is -0.114. The number of methoxy groups -OCH3 is 2. The molecule has 1 aromatic heterocycles. The molecule has 148 valence electrons. The Labute approximate surface area is 166 Å². The van der Waals surface area contributed by atoms with E-state index in [1.165, 1.54) is 16.6 Å². The van der Waals surface area contributed by atoms with Crippen molar-refractivity contribution in [3.63, 3.8) is 0 Å². The second-order valence-corrected chi connectivity index (χ2v) is 7.77. The Morgan fingerprint density at radius 3 is 2.86 bits per heavy atom. The van der Waals surface area contributed by atoms with Crippen LogP contribution in [0, 0.1) is 11.8 Å².